The Balaban J connectivity index is 0.00000110. The van der Waals surface area contributed by atoms with Gasteiger partial charge in [-0.25, -0.2) is 0 Å². The fourth-order valence-electron chi connectivity index (χ4n) is 2.23. The molecule has 1 rings (SSSR count). The average Bonchev–Trinajstić information content (AvgIpc) is 2.21. The van der Waals surface area contributed by atoms with Crippen LogP contribution in [-0.2, 0) is 9.47 Å². The molecule has 119 valence electrons. The van der Waals surface area contributed by atoms with Crippen LogP contribution in [0.25, 0.3) is 0 Å². The van der Waals surface area contributed by atoms with Crippen molar-refractivity contribution in [2.45, 2.75) is 39.5 Å². The molecule has 0 aliphatic carbocycles. The van der Waals surface area contributed by atoms with Crippen molar-refractivity contribution in [3.8, 4) is 0 Å². The summed E-state index contributed by atoms with van der Waals surface area (Å²) in [5.41, 5.74) is 1.83. The van der Waals surface area contributed by atoms with E-state index in [0.29, 0.717) is 20.6 Å². The van der Waals surface area contributed by atoms with Crippen LogP contribution in [0.3, 0.4) is 0 Å². The van der Waals surface area contributed by atoms with Gasteiger partial charge in [0.05, 0.1) is 11.2 Å². The summed E-state index contributed by atoms with van der Waals surface area (Å²) < 4.78 is 54.5. The second-order valence-corrected chi connectivity index (χ2v) is 20.2. The van der Waals surface area contributed by atoms with E-state index in [0.717, 1.165) is 5.56 Å². The number of benzene rings is 1. The van der Waals surface area contributed by atoms with E-state index >= 15 is 0 Å². The Morgan fingerprint density at radius 3 is 1.10 bits per heavy atom. The zero-order chi connectivity index (χ0) is 16.6. The molecule has 0 saturated carbocycles. The van der Waals surface area contributed by atoms with Crippen molar-refractivity contribution < 1.29 is 25.0 Å². The molecule has 0 aromatic heterocycles. The van der Waals surface area contributed by atoms with Gasteiger partial charge in [0.25, 0.3) is 0 Å². The van der Waals surface area contributed by atoms with Crippen molar-refractivity contribution in [1.29, 1.82) is 0 Å². The van der Waals surface area contributed by atoms with Crippen molar-refractivity contribution in [3.05, 3.63) is 27.8 Å². The Hall–Kier alpha value is 1.33. The summed E-state index contributed by atoms with van der Waals surface area (Å²) in [7, 11) is -7.49. The maximum absolute atomic E-state index is 13.6. The molecule has 20 heavy (non-hydrogen) atoms. The SMILES string of the molecule is Cc1c(C)c(C)c(S(C)(F)(F)(F)F)c(C)c1C.[I][V][I]. The number of hydrogen-bond donors (Lipinski definition) is 0. The summed E-state index contributed by atoms with van der Waals surface area (Å²) in [6.45, 7) is 7.64. The molecule has 8 heteroatoms. The van der Waals surface area contributed by atoms with Crippen LogP contribution in [0.5, 0.6) is 0 Å². The number of hydrogen-bond acceptors (Lipinski definition) is 0. The fourth-order valence-corrected chi connectivity index (χ4v) is 4.08. The van der Waals surface area contributed by atoms with Crippen molar-refractivity contribution >= 4 is 49.8 Å². The molecule has 1 aromatic rings. The van der Waals surface area contributed by atoms with E-state index < -0.39 is 14.7 Å². The molecule has 0 bridgehead atoms. The summed E-state index contributed by atoms with van der Waals surface area (Å²) in [5.74, 6) is 0. The van der Waals surface area contributed by atoms with Gasteiger partial charge in [0, 0.05) is 0 Å². The van der Waals surface area contributed by atoms with Crippen LogP contribution in [0.1, 0.15) is 27.8 Å². The van der Waals surface area contributed by atoms with Crippen LogP contribution >= 0.6 is 49.8 Å². The van der Waals surface area contributed by atoms with Crippen molar-refractivity contribution in [3.63, 3.8) is 0 Å². The molecular formula is C12H18F4I2SV. The summed E-state index contributed by atoms with van der Waals surface area (Å²) >= 11 is 4.74. The summed E-state index contributed by atoms with van der Waals surface area (Å²) in [4.78, 5) is -1.05. The van der Waals surface area contributed by atoms with Crippen LogP contribution < -0.4 is 0 Å². The van der Waals surface area contributed by atoms with Gasteiger partial charge in [0.15, 0.2) is 9.84 Å². The van der Waals surface area contributed by atoms with Gasteiger partial charge in [-0.2, -0.15) is 0 Å². The van der Waals surface area contributed by atoms with E-state index in [2.05, 4.69) is 40.0 Å². The number of rotatable bonds is 1. The standard InChI is InChI=1S/C12H18F4S.2HI.V/c1-7-8(2)10(4)12(11(5)9(7)3)17(6,13,14,15)16;;;/h1-6H3;2*1H;/q;;;+2/p-2. The molecule has 0 heterocycles. The third-order valence-corrected chi connectivity index (χ3v) is 5.08. The Bertz CT molecular complexity index is 497. The van der Waals surface area contributed by atoms with Crippen LogP contribution in [0, 0.1) is 34.6 Å². The molecule has 0 fully saturated rings. The monoisotopic (exact) mass is 575 g/mol. The van der Waals surface area contributed by atoms with Crippen LogP contribution in [-0.4, -0.2) is 6.26 Å². The first kappa shape index (κ1) is 21.3. The van der Waals surface area contributed by atoms with E-state index in [1.54, 1.807) is 20.8 Å². The molecule has 0 unspecified atom stereocenters. The summed E-state index contributed by atoms with van der Waals surface area (Å²) in [5, 5.41) is 0. The minimum absolute atomic E-state index is 0.00441. The van der Waals surface area contributed by atoms with Crippen molar-refractivity contribution in [1.82, 2.24) is 0 Å². The quantitative estimate of drug-likeness (QED) is 0.242. The predicted octanol–water partition coefficient (Wildman–Crippen LogP) is 7.40. The molecule has 0 aliphatic rings. The van der Waals surface area contributed by atoms with E-state index in [-0.39, 0.29) is 17.4 Å². The predicted molar refractivity (Wildman–Crippen MR) is 94.4 cm³/mol. The van der Waals surface area contributed by atoms with Crippen LogP contribution in [0.4, 0.5) is 15.5 Å². The number of halogens is 6. The Labute approximate surface area is 147 Å². The summed E-state index contributed by atoms with van der Waals surface area (Å²) in [6, 6.07) is 0. The first-order chi connectivity index (χ1) is 8.58. The van der Waals surface area contributed by atoms with Gasteiger partial charge < -0.3 is 0 Å². The zero-order valence-corrected chi connectivity index (χ0v) is 18.7. The van der Waals surface area contributed by atoms with Gasteiger partial charge in [-0.3, -0.25) is 0 Å². The van der Waals surface area contributed by atoms with Gasteiger partial charge in [0.1, 0.15) is 0 Å². The van der Waals surface area contributed by atoms with E-state index in [1.165, 1.54) is 13.8 Å². The third kappa shape index (κ3) is 5.21. The van der Waals surface area contributed by atoms with E-state index in [1.807, 2.05) is 0 Å². The molecule has 0 radical (unpaired) electrons. The Morgan fingerprint density at radius 2 is 0.900 bits per heavy atom. The second kappa shape index (κ2) is 6.09. The maximum atomic E-state index is 13.6. The summed E-state index contributed by atoms with van der Waals surface area (Å²) in [6.07, 6.45) is -0.205. The molecule has 0 aliphatic heterocycles. The van der Waals surface area contributed by atoms with E-state index in [4.69, 9.17) is 0 Å². The van der Waals surface area contributed by atoms with Gasteiger partial charge in [-0.1, -0.05) is 0 Å². The van der Waals surface area contributed by atoms with E-state index in [9.17, 15) is 15.5 Å². The Kier molecular flexibility index (Phi) is 6.49. The molecule has 0 amide bonds. The van der Waals surface area contributed by atoms with Gasteiger partial charge >= 0.3 is 49.4 Å². The first-order valence-corrected chi connectivity index (χ1v) is 17.0. The molecule has 0 saturated heterocycles. The van der Waals surface area contributed by atoms with Gasteiger partial charge in [0.2, 0.25) is 0 Å². The van der Waals surface area contributed by atoms with Crippen LogP contribution in [0.15, 0.2) is 4.90 Å². The zero-order valence-electron chi connectivity index (χ0n) is 12.1. The topological polar surface area (TPSA) is 0 Å². The van der Waals surface area contributed by atoms with Crippen molar-refractivity contribution in [2.24, 2.45) is 0 Å². The molecule has 1 aromatic carbocycles. The molecule has 0 N–H and O–H groups in total. The first-order valence-electron chi connectivity index (χ1n) is 5.57. The third-order valence-electron chi connectivity index (χ3n) is 3.44. The molecule has 0 spiro atoms. The Morgan fingerprint density at radius 1 is 0.700 bits per heavy atom. The molecular weight excluding hydrogens is 557 g/mol. The van der Waals surface area contributed by atoms with Crippen LogP contribution in [0.2, 0.25) is 0 Å². The minimum atomic E-state index is -8.12. The van der Waals surface area contributed by atoms with Gasteiger partial charge in [-0.05, 0) is 62.4 Å². The second-order valence-electron chi connectivity index (χ2n) is 5.00. The van der Waals surface area contributed by atoms with Crippen molar-refractivity contribution in [2.75, 3.05) is 6.26 Å². The molecule has 0 nitrogen and oxygen atoms in total. The normalized spacial score (nSPS) is 14.8. The average molecular weight is 575 g/mol. The molecule has 0 atom stereocenters. The van der Waals surface area contributed by atoms with Gasteiger partial charge in [-0.15, -0.1) is 15.5 Å². The fraction of sp³-hybridized carbons (Fsp3) is 0.500.